The Morgan fingerprint density at radius 1 is 0.860 bits per heavy atom. The summed E-state index contributed by atoms with van der Waals surface area (Å²) >= 11 is 7.13. The van der Waals surface area contributed by atoms with Crippen molar-refractivity contribution < 1.29 is 24.0 Å². The number of hydrogen-bond acceptors (Lipinski definition) is 6. The van der Waals surface area contributed by atoms with Crippen molar-refractivity contribution in [3.05, 3.63) is 136 Å². The monoisotopic (exact) mass is 593 g/mol. The number of H-pyrrole nitrogens is 1. The zero-order chi connectivity index (χ0) is 30.0. The van der Waals surface area contributed by atoms with E-state index in [9.17, 15) is 5.11 Å². The summed E-state index contributed by atoms with van der Waals surface area (Å²) in [5, 5.41) is 16.9. The fourth-order valence-corrected chi connectivity index (χ4v) is 5.66. The summed E-state index contributed by atoms with van der Waals surface area (Å²) < 4.78 is 18.6. The minimum Gasteiger partial charge on any atom is -0.493 e. The number of benzene rings is 3. The minimum absolute atomic E-state index is 0.454. The zero-order valence-corrected chi connectivity index (χ0v) is 24.7. The fraction of sp³-hybridized carbons (Fsp3) is 0.147. The van der Waals surface area contributed by atoms with Gasteiger partial charge in [-0.1, -0.05) is 46.6 Å². The number of pyridine rings is 2. The minimum atomic E-state index is -1.59. The first-order chi connectivity index (χ1) is 21.0. The molecular weight excluding hydrogens is 564 g/mol. The van der Waals surface area contributed by atoms with Gasteiger partial charge in [-0.15, -0.1) is 0 Å². The van der Waals surface area contributed by atoms with Crippen molar-refractivity contribution >= 4 is 22.5 Å². The third-order valence-corrected chi connectivity index (χ3v) is 8.04. The van der Waals surface area contributed by atoms with E-state index in [1.165, 1.54) is 0 Å². The van der Waals surface area contributed by atoms with Crippen LogP contribution in [-0.4, -0.2) is 41.5 Å². The maximum absolute atomic E-state index is 12.5. The number of aromatic nitrogens is 4. The second-order valence-electron chi connectivity index (χ2n) is 10.0. The summed E-state index contributed by atoms with van der Waals surface area (Å²) in [6.45, 7) is 0. The van der Waals surface area contributed by atoms with Crippen LogP contribution < -0.4 is 18.9 Å². The summed E-state index contributed by atoms with van der Waals surface area (Å²) in [6.07, 6.45) is 7.65. The first-order valence-corrected chi connectivity index (χ1v) is 14.0. The summed E-state index contributed by atoms with van der Waals surface area (Å²) in [7, 11) is 4.73. The van der Waals surface area contributed by atoms with Gasteiger partial charge in [-0.25, -0.2) is 4.98 Å². The molecule has 2 N–H and O–H groups in total. The van der Waals surface area contributed by atoms with Crippen molar-refractivity contribution in [3.8, 4) is 23.1 Å². The molecule has 6 aromatic rings. The average Bonchev–Trinajstić information content (AvgIpc) is 3.61. The molecule has 9 heteroatoms. The van der Waals surface area contributed by atoms with Crippen LogP contribution in [0.1, 0.15) is 27.8 Å². The molecule has 0 fully saturated rings. The van der Waals surface area contributed by atoms with Gasteiger partial charge in [-0.05, 0) is 47.0 Å². The Kier molecular flexibility index (Phi) is 7.71. The lowest BCUT2D eigenvalue weighted by molar-refractivity contribution is -0.655. The highest BCUT2D eigenvalue weighted by Crippen LogP contribution is 2.42. The lowest BCUT2D eigenvalue weighted by Gasteiger charge is -2.30. The molecule has 8 nitrogen and oxygen atoms in total. The van der Waals surface area contributed by atoms with Crippen LogP contribution in [0.4, 0.5) is 0 Å². The number of fused-ring (bicyclic) bond motifs is 1. The molecule has 6 rings (SSSR count). The van der Waals surface area contributed by atoms with Crippen LogP contribution in [0.5, 0.6) is 17.4 Å². The first-order valence-electron chi connectivity index (χ1n) is 13.6. The quantitative estimate of drug-likeness (QED) is 0.206. The third-order valence-electron chi connectivity index (χ3n) is 7.61. The van der Waals surface area contributed by atoms with E-state index in [1.807, 2.05) is 65.6 Å². The zero-order valence-electron chi connectivity index (χ0n) is 23.9. The van der Waals surface area contributed by atoms with E-state index >= 15 is 0 Å². The molecule has 3 aromatic heterocycles. The largest absolute Gasteiger partial charge is 0.493 e. The molecule has 1 unspecified atom stereocenters. The number of aromatic amines is 1. The predicted molar refractivity (Wildman–Crippen MR) is 164 cm³/mol. The smallest absolute Gasteiger partial charge is 0.235 e. The highest BCUT2D eigenvalue weighted by molar-refractivity contribution is 6.36. The van der Waals surface area contributed by atoms with Crippen LogP contribution in [0.25, 0.3) is 16.6 Å². The molecule has 0 bridgehead atoms. The van der Waals surface area contributed by atoms with E-state index in [-0.39, 0.29) is 0 Å². The van der Waals surface area contributed by atoms with E-state index < -0.39 is 5.60 Å². The SMILES string of the molecule is COc1ccc(C(O)(c2cccnc2)c2ccc3nc(OC)c(Cc4ccc(-[n+]5ccc[nH]5)cc4)c(Cl)c3c2)cc1OC. The number of ether oxygens (including phenoxy) is 3. The van der Waals surface area contributed by atoms with Gasteiger partial charge in [0.25, 0.3) is 0 Å². The number of hydrogen-bond donors (Lipinski definition) is 2. The molecule has 3 aromatic carbocycles. The van der Waals surface area contributed by atoms with Gasteiger partial charge in [0.2, 0.25) is 17.8 Å². The number of halogens is 1. The Bertz CT molecular complexity index is 1880. The summed E-state index contributed by atoms with van der Waals surface area (Å²) in [5.41, 5.74) is 3.63. The number of methoxy groups -OCH3 is 3. The molecule has 0 radical (unpaired) electrons. The van der Waals surface area contributed by atoms with Crippen LogP contribution in [0, 0.1) is 0 Å². The first kappa shape index (κ1) is 28.2. The van der Waals surface area contributed by atoms with Gasteiger partial charge in [-0.3, -0.25) is 4.98 Å². The molecule has 0 amide bonds. The van der Waals surface area contributed by atoms with Gasteiger partial charge >= 0.3 is 0 Å². The maximum Gasteiger partial charge on any atom is 0.235 e. The van der Waals surface area contributed by atoms with Gasteiger partial charge in [0, 0.05) is 53.5 Å². The summed E-state index contributed by atoms with van der Waals surface area (Å²) in [4.78, 5) is 9.07. The van der Waals surface area contributed by atoms with E-state index in [4.69, 9.17) is 30.8 Å². The van der Waals surface area contributed by atoms with Crippen LogP contribution >= 0.6 is 11.6 Å². The molecule has 1 atom stereocenters. The number of nitrogens with one attached hydrogen (secondary N) is 1. The second-order valence-corrected chi connectivity index (χ2v) is 10.4. The average molecular weight is 594 g/mol. The van der Waals surface area contributed by atoms with E-state index in [2.05, 4.69) is 22.2 Å². The standard InChI is InChI=1S/C34H29ClN4O4/c1-41-30-14-10-24(20-31(30)42-2)34(40,25-6-4-15-36-21-25)23-9-13-29-27(19-23)32(35)28(33(38-29)43-3)18-22-7-11-26(12-8-22)39-17-5-16-37-39/h4-17,19-21,40H,18H2,1-3H3/p+1. The van der Waals surface area contributed by atoms with Crippen molar-refractivity contribution in [3.63, 3.8) is 0 Å². The van der Waals surface area contributed by atoms with E-state index in [1.54, 1.807) is 51.9 Å². The van der Waals surface area contributed by atoms with Crippen molar-refractivity contribution in [1.82, 2.24) is 15.1 Å². The Morgan fingerprint density at radius 3 is 2.30 bits per heavy atom. The topological polar surface area (TPSA) is 93.4 Å². The van der Waals surface area contributed by atoms with Gasteiger partial charge < -0.3 is 19.3 Å². The number of nitrogens with zero attached hydrogens (tertiary/aromatic N) is 3. The van der Waals surface area contributed by atoms with Crippen molar-refractivity contribution in [2.45, 2.75) is 12.0 Å². The molecule has 0 spiro atoms. The molecule has 216 valence electrons. The van der Waals surface area contributed by atoms with Crippen molar-refractivity contribution in [1.29, 1.82) is 0 Å². The van der Waals surface area contributed by atoms with Gasteiger partial charge in [0.05, 0.1) is 38.1 Å². The third kappa shape index (κ3) is 5.16. The van der Waals surface area contributed by atoms with Crippen molar-refractivity contribution in [2.75, 3.05) is 21.3 Å². The van der Waals surface area contributed by atoms with Gasteiger partial charge in [0.1, 0.15) is 5.60 Å². The predicted octanol–water partition coefficient (Wildman–Crippen LogP) is 5.79. The summed E-state index contributed by atoms with van der Waals surface area (Å²) in [6, 6.07) is 24.7. The molecule has 0 aliphatic heterocycles. The molecule has 0 saturated carbocycles. The maximum atomic E-state index is 12.5. The van der Waals surface area contributed by atoms with Crippen LogP contribution in [0.2, 0.25) is 5.02 Å². The second kappa shape index (κ2) is 11.8. The van der Waals surface area contributed by atoms with Crippen LogP contribution in [-0.2, 0) is 12.0 Å². The molecule has 0 saturated heterocycles. The van der Waals surface area contributed by atoms with Crippen LogP contribution in [0.15, 0.2) is 104 Å². The normalized spacial score (nSPS) is 12.6. The Hall–Kier alpha value is -4.92. The molecule has 3 heterocycles. The highest BCUT2D eigenvalue weighted by atomic mass is 35.5. The number of rotatable bonds is 9. The molecule has 0 aliphatic rings. The molecule has 43 heavy (non-hydrogen) atoms. The summed E-state index contributed by atoms with van der Waals surface area (Å²) in [5.74, 6) is 1.51. The Morgan fingerprint density at radius 2 is 1.63 bits per heavy atom. The van der Waals surface area contributed by atoms with E-state index in [0.717, 1.165) is 16.8 Å². The molecular formula is C34H30ClN4O4+. The van der Waals surface area contributed by atoms with Gasteiger partial charge in [-0.2, -0.15) is 5.10 Å². The van der Waals surface area contributed by atoms with Gasteiger partial charge in [0.15, 0.2) is 11.5 Å². The Labute approximate surface area is 254 Å². The lowest BCUT2D eigenvalue weighted by atomic mass is 9.80. The fourth-order valence-electron chi connectivity index (χ4n) is 5.36. The van der Waals surface area contributed by atoms with E-state index in [0.29, 0.717) is 56.4 Å². The lowest BCUT2D eigenvalue weighted by Crippen LogP contribution is -2.31. The highest BCUT2D eigenvalue weighted by Gasteiger charge is 2.35. The molecule has 0 aliphatic carbocycles. The van der Waals surface area contributed by atoms with Crippen molar-refractivity contribution in [2.24, 2.45) is 0 Å². The Balaban J connectivity index is 1.47. The number of aliphatic hydroxyl groups is 1. The van der Waals surface area contributed by atoms with Crippen LogP contribution in [0.3, 0.4) is 0 Å².